The second-order valence-corrected chi connectivity index (χ2v) is 6.36. The van der Waals surface area contributed by atoms with Crippen LogP contribution in [0.5, 0.6) is 11.5 Å². The SMILES string of the molecule is COC(=O)c1ccccc1NC(=O)NCc1c2c(cc3c1OCC3)OCC2. The number of fused-ring (bicyclic) bond motifs is 2. The van der Waals surface area contributed by atoms with E-state index in [0.29, 0.717) is 31.0 Å². The molecule has 7 nitrogen and oxygen atoms in total. The van der Waals surface area contributed by atoms with Gasteiger partial charge in [0.05, 0.1) is 31.6 Å². The zero-order chi connectivity index (χ0) is 18.8. The minimum atomic E-state index is -0.504. The number of benzene rings is 2. The molecule has 2 amide bonds. The predicted molar refractivity (Wildman–Crippen MR) is 98.5 cm³/mol. The number of nitrogens with one attached hydrogen (secondary N) is 2. The molecule has 0 radical (unpaired) electrons. The van der Waals surface area contributed by atoms with Crippen molar-refractivity contribution in [3.8, 4) is 11.5 Å². The molecule has 27 heavy (non-hydrogen) atoms. The van der Waals surface area contributed by atoms with Gasteiger partial charge in [-0.05, 0) is 18.2 Å². The quantitative estimate of drug-likeness (QED) is 0.811. The number of carbonyl (C=O) groups is 2. The smallest absolute Gasteiger partial charge is 0.339 e. The Morgan fingerprint density at radius 2 is 1.96 bits per heavy atom. The number of urea groups is 1. The fourth-order valence-electron chi connectivity index (χ4n) is 3.49. The largest absolute Gasteiger partial charge is 0.493 e. The van der Waals surface area contributed by atoms with E-state index >= 15 is 0 Å². The molecule has 2 heterocycles. The zero-order valence-corrected chi connectivity index (χ0v) is 15.0. The molecule has 2 aliphatic heterocycles. The van der Waals surface area contributed by atoms with Gasteiger partial charge in [-0.25, -0.2) is 9.59 Å². The van der Waals surface area contributed by atoms with E-state index in [1.54, 1.807) is 24.3 Å². The highest BCUT2D eigenvalue weighted by Gasteiger charge is 2.26. The molecule has 2 N–H and O–H groups in total. The van der Waals surface area contributed by atoms with E-state index < -0.39 is 12.0 Å². The van der Waals surface area contributed by atoms with Gasteiger partial charge < -0.3 is 24.8 Å². The van der Waals surface area contributed by atoms with Crippen LogP contribution in [-0.4, -0.2) is 32.3 Å². The molecule has 2 aromatic rings. The van der Waals surface area contributed by atoms with Gasteiger partial charge in [-0.2, -0.15) is 0 Å². The molecule has 7 heteroatoms. The Hall–Kier alpha value is -3.22. The average molecular weight is 368 g/mol. The summed E-state index contributed by atoms with van der Waals surface area (Å²) in [5.74, 6) is 1.23. The molecular formula is C20H20N2O5. The Balaban J connectivity index is 1.50. The van der Waals surface area contributed by atoms with Crippen molar-refractivity contribution in [3.63, 3.8) is 0 Å². The number of hydrogen-bond acceptors (Lipinski definition) is 5. The fourth-order valence-corrected chi connectivity index (χ4v) is 3.49. The summed E-state index contributed by atoms with van der Waals surface area (Å²) in [6.07, 6.45) is 1.65. The monoisotopic (exact) mass is 368 g/mol. The summed E-state index contributed by atoms with van der Waals surface area (Å²) in [5.41, 5.74) is 3.86. The molecule has 0 fully saturated rings. The molecule has 4 rings (SSSR count). The van der Waals surface area contributed by atoms with Crippen LogP contribution in [0.2, 0.25) is 0 Å². The highest BCUT2D eigenvalue weighted by molar-refractivity contribution is 6.00. The first-order valence-electron chi connectivity index (χ1n) is 8.83. The number of amides is 2. The summed E-state index contributed by atoms with van der Waals surface area (Å²) in [6.45, 7) is 1.61. The maximum absolute atomic E-state index is 12.4. The van der Waals surface area contributed by atoms with Crippen molar-refractivity contribution in [2.24, 2.45) is 0 Å². The minimum absolute atomic E-state index is 0.299. The normalized spacial score (nSPS) is 13.8. The van der Waals surface area contributed by atoms with Gasteiger partial charge in [0.15, 0.2) is 0 Å². The highest BCUT2D eigenvalue weighted by atomic mass is 16.5. The number of esters is 1. The van der Waals surface area contributed by atoms with Crippen molar-refractivity contribution in [2.45, 2.75) is 19.4 Å². The van der Waals surface area contributed by atoms with Crippen LogP contribution in [0, 0.1) is 0 Å². The van der Waals surface area contributed by atoms with Gasteiger partial charge in [0.1, 0.15) is 11.5 Å². The predicted octanol–water partition coefficient (Wildman–Crippen LogP) is 2.66. The van der Waals surface area contributed by atoms with Crippen molar-refractivity contribution in [1.82, 2.24) is 5.32 Å². The van der Waals surface area contributed by atoms with Crippen molar-refractivity contribution in [2.75, 3.05) is 25.6 Å². The fraction of sp³-hybridized carbons (Fsp3) is 0.300. The first-order valence-corrected chi connectivity index (χ1v) is 8.83. The van der Waals surface area contributed by atoms with E-state index in [4.69, 9.17) is 14.2 Å². The lowest BCUT2D eigenvalue weighted by molar-refractivity contribution is 0.0602. The Labute approximate surface area is 156 Å². The highest BCUT2D eigenvalue weighted by Crippen LogP contribution is 2.40. The van der Waals surface area contributed by atoms with Crippen molar-refractivity contribution in [1.29, 1.82) is 0 Å². The minimum Gasteiger partial charge on any atom is -0.493 e. The van der Waals surface area contributed by atoms with Gasteiger partial charge in [-0.1, -0.05) is 12.1 Å². The van der Waals surface area contributed by atoms with Gasteiger partial charge in [0, 0.05) is 36.1 Å². The van der Waals surface area contributed by atoms with Crippen molar-refractivity contribution < 1.29 is 23.8 Å². The molecule has 0 saturated heterocycles. The van der Waals surface area contributed by atoms with Crippen LogP contribution in [0.15, 0.2) is 30.3 Å². The third kappa shape index (κ3) is 3.28. The second-order valence-electron chi connectivity index (χ2n) is 6.36. The first-order chi connectivity index (χ1) is 13.2. The summed E-state index contributed by atoms with van der Waals surface area (Å²) in [5, 5.41) is 5.56. The Morgan fingerprint density at radius 1 is 1.15 bits per heavy atom. The van der Waals surface area contributed by atoms with E-state index in [-0.39, 0.29) is 0 Å². The van der Waals surface area contributed by atoms with E-state index in [9.17, 15) is 9.59 Å². The number of ether oxygens (including phenoxy) is 3. The van der Waals surface area contributed by atoms with Crippen molar-refractivity contribution in [3.05, 3.63) is 52.6 Å². The molecule has 0 atom stereocenters. The van der Waals surface area contributed by atoms with Crippen LogP contribution in [-0.2, 0) is 24.1 Å². The number of carbonyl (C=O) groups excluding carboxylic acids is 2. The van der Waals surface area contributed by atoms with Gasteiger partial charge in [0.2, 0.25) is 0 Å². The third-order valence-corrected chi connectivity index (χ3v) is 4.77. The van der Waals surface area contributed by atoms with E-state index in [0.717, 1.165) is 41.0 Å². The van der Waals surface area contributed by atoms with Crippen LogP contribution >= 0.6 is 0 Å². The summed E-state index contributed by atoms with van der Waals surface area (Å²) < 4.78 is 16.2. The van der Waals surface area contributed by atoms with Gasteiger partial charge >= 0.3 is 12.0 Å². The van der Waals surface area contributed by atoms with E-state index in [1.807, 2.05) is 6.07 Å². The van der Waals surface area contributed by atoms with Gasteiger partial charge in [0.25, 0.3) is 0 Å². The average Bonchev–Trinajstić information content (AvgIpc) is 3.34. The molecule has 0 aliphatic carbocycles. The standard InChI is InChI=1S/C20H20N2O5/c1-25-19(23)14-4-2-3-5-16(14)22-20(24)21-11-15-13-7-9-26-17(13)10-12-6-8-27-18(12)15/h2-5,10H,6-9,11H2,1H3,(H2,21,22,24). The number of anilines is 1. The maximum atomic E-state index is 12.4. The van der Waals surface area contributed by atoms with E-state index in [2.05, 4.69) is 10.6 Å². The molecule has 140 valence electrons. The maximum Gasteiger partial charge on any atom is 0.339 e. The lowest BCUT2D eigenvalue weighted by Crippen LogP contribution is -2.29. The third-order valence-electron chi connectivity index (χ3n) is 4.77. The molecule has 0 spiro atoms. The molecule has 2 aliphatic rings. The summed E-state index contributed by atoms with van der Waals surface area (Å²) in [4.78, 5) is 24.2. The second kappa shape index (κ2) is 7.19. The zero-order valence-electron chi connectivity index (χ0n) is 15.0. The summed E-state index contributed by atoms with van der Waals surface area (Å²) in [7, 11) is 1.30. The summed E-state index contributed by atoms with van der Waals surface area (Å²) >= 11 is 0. The van der Waals surface area contributed by atoms with Crippen LogP contribution in [0.4, 0.5) is 10.5 Å². The van der Waals surface area contributed by atoms with Crippen LogP contribution in [0.25, 0.3) is 0 Å². The molecule has 0 unspecified atom stereocenters. The lowest BCUT2D eigenvalue weighted by Gasteiger charge is -2.15. The van der Waals surface area contributed by atoms with Crippen LogP contribution in [0.3, 0.4) is 0 Å². The first kappa shape index (κ1) is 17.2. The molecule has 0 saturated carbocycles. The van der Waals surface area contributed by atoms with Gasteiger partial charge in [-0.3, -0.25) is 0 Å². The molecule has 2 aromatic carbocycles. The van der Waals surface area contributed by atoms with Gasteiger partial charge in [-0.15, -0.1) is 0 Å². The Morgan fingerprint density at radius 3 is 2.81 bits per heavy atom. The van der Waals surface area contributed by atoms with Crippen LogP contribution in [0.1, 0.15) is 27.0 Å². The number of methoxy groups -OCH3 is 1. The lowest BCUT2D eigenvalue weighted by atomic mass is 9.99. The number of para-hydroxylation sites is 1. The Bertz CT molecular complexity index is 877. The molecular weight excluding hydrogens is 348 g/mol. The summed E-state index contributed by atoms with van der Waals surface area (Å²) in [6, 6.07) is 8.34. The number of hydrogen-bond donors (Lipinski definition) is 2. The molecule has 0 aromatic heterocycles. The number of rotatable bonds is 4. The van der Waals surface area contributed by atoms with Crippen molar-refractivity contribution >= 4 is 17.7 Å². The topological polar surface area (TPSA) is 85.9 Å². The van der Waals surface area contributed by atoms with Crippen LogP contribution < -0.4 is 20.1 Å². The van der Waals surface area contributed by atoms with E-state index in [1.165, 1.54) is 7.11 Å². The molecule has 0 bridgehead atoms. The Kier molecular flexibility index (Phi) is 4.58.